The minimum absolute atomic E-state index is 0.167. The number of nitrogens with two attached hydrogens (primary N) is 1. The molecule has 1 aliphatic heterocycles. The van der Waals surface area contributed by atoms with E-state index in [9.17, 15) is 4.21 Å². The highest BCUT2D eigenvalue weighted by Crippen LogP contribution is 2.20. The lowest BCUT2D eigenvalue weighted by Gasteiger charge is -1.95. The summed E-state index contributed by atoms with van der Waals surface area (Å²) in [5, 5.41) is 2.08. The van der Waals surface area contributed by atoms with E-state index < -0.39 is 10.8 Å². The maximum absolute atomic E-state index is 11.1. The number of anilines is 1. The van der Waals surface area contributed by atoms with Crippen molar-refractivity contribution in [3.63, 3.8) is 0 Å². The number of nitrogen functional groups attached to an aromatic ring is 1. The molecule has 2 rings (SSSR count). The summed E-state index contributed by atoms with van der Waals surface area (Å²) in [4.78, 5) is 7.60. The van der Waals surface area contributed by atoms with Gasteiger partial charge in [0, 0.05) is 17.2 Å². The standard InChI is InChI=1S/C6H5N3OS/c7-6-8-3-4-1-2-11(10)5(4)9-6/h1-3H,(H2,7,8,9). The third-order valence-electron chi connectivity index (χ3n) is 1.36. The van der Waals surface area contributed by atoms with Crippen LogP contribution in [0.25, 0.3) is 6.08 Å². The molecular formula is C6H5N3OS. The van der Waals surface area contributed by atoms with Crippen LogP contribution in [0, 0.1) is 0 Å². The van der Waals surface area contributed by atoms with Gasteiger partial charge in [0.25, 0.3) is 0 Å². The molecule has 1 aromatic rings. The third kappa shape index (κ3) is 0.932. The van der Waals surface area contributed by atoms with E-state index in [4.69, 9.17) is 5.73 Å². The van der Waals surface area contributed by atoms with Gasteiger partial charge in [0.2, 0.25) is 5.95 Å². The Hall–Kier alpha value is -1.23. The largest absolute Gasteiger partial charge is 0.368 e. The Balaban J connectivity index is 2.67. The lowest BCUT2D eigenvalue weighted by Crippen LogP contribution is -1.98. The fourth-order valence-corrected chi connectivity index (χ4v) is 1.80. The van der Waals surface area contributed by atoms with Crippen LogP contribution in [0.5, 0.6) is 0 Å². The predicted octanol–water partition coefficient (Wildman–Crippen LogP) is 0.151. The molecule has 1 aliphatic rings. The maximum atomic E-state index is 11.1. The van der Waals surface area contributed by atoms with Crippen molar-refractivity contribution in [2.75, 3.05) is 5.73 Å². The predicted molar refractivity (Wildman–Crippen MR) is 41.9 cm³/mol. The molecule has 0 saturated heterocycles. The first-order valence-electron chi connectivity index (χ1n) is 2.98. The van der Waals surface area contributed by atoms with E-state index in [1.54, 1.807) is 17.7 Å². The molecule has 1 aromatic heterocycles. The van der Waals surface area contributed by atoms with E-state index in [0.29, 0.717) is 5.03 Å². The Labute approximate surface area is 65.6 Å². The molecule has 2 heterocycles. The Bertz CT molecular complexity index is 361. The van der Waals surface area contributed by atoms with Crippen LogP contribution in [-0.4, -0.2) is 14.2 Å². The van der Waals surface area contributed by atoms with Gasteiger partial charge in [-0.25, -0.2) is 14.2 Å². The van der Waals surface area contributed by atoms with Gasteiger partial charge in [-0.1, -0.05) is 0 Å². The topological polar surface area (TPSA) is 68.9 Å². The summed E-state index contributed by atoms with van der Waals surface area (Å²) in [6, 6.07) is 0. The number of nitrogens with zero attached hydrogens (tertiary/aromatic N) is 2. The van der Waals surface area contributed by atoms with E-state index in [1.165, 1.54) is 0 Å². The first kappa shape index (κ1) is 6.48. The number of hydrogen-bond acceptors (Lipinski definition) is 4. The van der Waals surface area contributed by atoms with Gasteiger partial charge in [0.05, 0.1) is 10.8 Å². The van der Waals surface area contributed by atoms with Crippen LogP contribution in [0.4, 0.5) is 5.95 Å². The third-order valence-corrected chi connectivity index (χ3v) is 2.45. The van der Waals surface area contributed by atoms with Gasteiger partial charge in [-0.3, -0.25) is 0 Å². The van der Waals surface area contributed by atoms with Crippen molar-refractivity contribution in [3.8, 4) is 0 Å². The smallest absolute Gasteiger partial charge is 0.221 e. The molecule has 56 valence electrons. The van der Waals surface area contributed by atoms with Crippen molar-refractivity contribution in [2.45, 2.75) is 5.03 Å². The summed E-state index contributed by atoms with van der Waals surface area (Å²) < 4.78 is 11.1. The zero-order valence-electron chi connectivity index (χ0n) is 5.52. The van der Waals surface area contributed by atoms with Crippen LogP contribution >= 0.6 is 0 Å². The molecule has 0 fully saturated rings. The van der Waals surface area contributed by atoms with Crippen molar-refractivity contribution in [2.24, 2.45) is 0 Å². The molecule has 2 N–H and O–H groups in total. The second-order valence-electron chi connectivity index (χ2n) is 2.09. The Morgan fingerprint density at radius 3 is 3.18 bits per heavy atom. The number of hydrogen-bond donors (Lipinski definition) is 1. The van der Waals surface area contributed by atoms with Crippen LogP contribution in [0.2, 0.25) is 0 Å². The van der Waals surface area contributed by atoms with Crippen molar-refractivity contribution in [3.05, 3.63) is 17.2 Å². The maximum Gasteiger partial charge on any atom is 0.221 e. The molecule has 0 saturated carbocycles. The van der Waals surface area contributed by atoms with Gasteiger partial charge in [0.15, 0.2) is 0 Å². The van der Waals surface area contributed by atoms with Gasteiger partial charge in [0.1, 0.15) is 5.03 Å². The van der Waals surface area contributed by atoms with Crippen molar-refractivity contribution >= 4 is 22.8 Å². The quantitative estimate of drug-likeness (QED) is 0.558. The van der Waals surface area contributed by atoms with Crippen LogP contribution < -0.4 is 5.73 Å². The van der Waals surface area contributed by atoms with Gasteiger partial charge < -0.3 is 5.73 Å². The summed E-state index contributed by atoms with van der Waals surface area (Å²) in [6.45, 7) is 0. The van der Waals surface area contributed by atoms with E-state index in [1.807, 2.05) is 0 Å². The fourth-order valence-electron chi connectivity index (χ4n) is 0.863. The molecule has 11 heavy (non-hydrogen) atoms. The Morgan fingerprint density at radius 1 is 1.55 bits per heavy atom. The zero-order valence-corrected chi connectivity index (χ0v) is 6.34. The molecule has 1 atom stereocenters. The lowest BCUT2D eigenvalue weighted by atomic mass is 10.3. The van der Waals surface area contributed by atoms with Crippen molar-refractivity contribution in [1.82, 2.24) is 9.97 Å². The Morgan fingerprint density at radius 2 is 2.36 bits per heavy atom. The number of rotatable bonds is 0. The molecule has 5 heteroatoms. The van der Waals surface area contributed by atoms with Crippen molar-refractivity contribution < 1.29 is 4.21 Å². The molecule has 0 radical (unpaired) electrons. The second-order valence-corrected chi connectivity index (χ2v) is 3.34. The first-order valence-corrected chi connectivity index (χ1v) is 4.20. The minimum Gasteiger partial charge on any atom is -0.368 e. The first-order chi connectivity index (χ1) is 5.27. The van der Waals surface area contributed by atoms with E-state index in [2.05, 4.69) is 9.97 Å². The van der Waals surface area contributed by atoms with Crippen LogP contribution in [-0.2, 0) is 10.8 Å². The minimum atomic E-state index is -1.12. The number of aromatic nitrogens is 2. The van der Waals surface area contributed by atoms with Crippen LogP contribution in [0.3, 0.4) is 0 Å². The van der Waals surface area contributed by atoms with Crippen molar-refractivity contribution in [1.29, 1.82) is 0 Å². The lowest BCUT2D eigenvalue weighted by molar-refractivity contribution is 0.686. The molecule has 4 nitrogen and oxygen atoms in total. The zero-order chi connectivity index (χ0) is 7.84. The summed E-state index contributed by atoms with van der Waals surface area (Å²) in [5.41, 5.74) is 6.10. The van der Waals surface area contributed by atoms with E-state index >= 15 is 0 Å². The molecule has 1 unspecified atom stereocenters. The average molecular weight is 167 g/mol. The fraction of sp³-hybridized carbons (Fsp3) is 0. The number of fused-ring (bicyclic) bond motifs is 1. The van der Waals surface area contributed by atoms with Gasteiger partial charge in [-0.05, 0) is 6.08 Å². The highest BCUT2D eigenvalue weighted by Gasteiger charge is 2.14. The summed E-state index contributed by atoms with van der Waals surface area (Å²) in [6.07, 6.45) is 3.30. The van der Waals surface area contributed by atoms with E-state index in [-0.39, 0.29) is 5.95 Å². The molecule has 0 amide bonds. The second kappa shape index (κ2) is 2.13. The summed E-state index contributed by atoms with van der Waals surface area (Å²) in [7, 11) is -1.12. The molecule has 0 spiro atoms. The molecule has 0 aliphatic carbocycles. The van der Waals surface area contributed by atoms with Gasteiger partial charge in [-0.15, -0.1) is 0 Å². The highest BCUT2D eigenvalue weighted by atomic mass is 32.2. The summed E-state index contributed by atoms with van der Waals surface area (Å²) in [5.74, 6) is 0.167. The van der Waals surface area contributed by atoms with E-state index in [0.717, 1.165) is 5.56 Å². The van der Waals surface area contributed by atoms with Crippen LogP contribution in [0.1, 0.15) is 5.56 Å². The van der Waals surface area contributed by atoms with Gasteiger partial charge >= 0.3 is 0 Å². The monoisotopic (exact) mass is 167 g/mol. The Kier molecular flexibility index (Phi) is 1.25. The molecule has 0 bridgehead atoms. The highest BCUT2D eigenvalue weighted by molar-refractivity contribution is 7.88. The molecule has 0 aromatic carbocycles. The van der Waals surface area contributed by atoms with Crippen LogP contribution in [0.15, 0.2) is 16.6 Å². The normalized spacial score (nSPS) is 20.2. The average Bonchev–Trinajstić information content (AvgIpc) is 2.33. The summed E-state index contributed by atoms with van der Waals surface area (Å²) >= 11 is 0. The molecular weight excluding hydrogens is 162 g/mol. The SMILES string of the molecule is Nc1ncc2c(n1)S(=O)C=C2. The van der Waals surface area contributed by atoms with Gasteiger partial charge in [-0.2, -0.15) is 0 Å².